The number of hydrogen-bond acceptors (Lipinski definition) is 6. The fourth-order valence-electron chi connectivity index (χ4n) is 2.82. The lowest BCUT2D eigenvalue weighted by Gasteiger charge is -2.08. The number of rotatable bonds is 5. The fourth-order valence-corrected chi connectivity index (χ4v) is 3.04. The number of anilines is 1. The van der Waals surface area contributed by atoms with Gasteiger partial charge in [0.15, 0.2) is 0 Å². The molecule has 0 unspecified atom stereocenters. The first-order chi connectivity index (χ1) is 14.5. The highest BCUT2D eigenvalue weighted by Gasteiger charge is 2.18. The molecule has 9 heteroatoms. The van der Waals surface area contributed by atoms with E-state index < -0.39 is 10.8 Å². The number of carbonyl (C=O) groups is 1. The highest BCUT2D eigenvalue weighted by molar-refractivity contribution is 6.33. The lowest BCUT2D eigenvalue weighted by molar-refractivity contribution is -0.384. The number of non-ortho nitro benzene ring substituents is 1. The molecule has 0 atom stereocenters. The minimum Gasteiger partial charge on any atom is -0.334 e. The molecular formula is C21H13ClN4O4. The van der Waals surface area contributed by atoms with Crippen LogP contribution < -0.4 is 5.32 Å². The number of hydrogen-bond donors (Lipinski definition) is 1. The topological polar surface area (TPSA) is 111 Å². The number of nitrogens with one attached hydrogen (secondary N) is 1. The molecule has 3 aromatic carbocycles. The zero-order valence-corrected chi connectivity index (χ0v) is 16.0. The predicted molar refractivity (Wildman–Crippen MR) is 111 cm³/mol. The Balaban J connectivity index is 1.64. The molecule has 1 amide bonds. The third-order valence-corrected chi connectivity index (χ3v) is 4.60. The number of nitro benzene ring substituents is 1. The molecule has 0 saturated carbocycles. The van der Waals surface area contributed by atoms with E-state index in [1.807, 2.05) is 6.07 Å². The van der Waals surface area contributed by atoms with Crippen LogP contribution >= 0.6 is 11.6 Å². The second-order valence-electron chi connectivity index (χ2n) is 6.21. The van der Waals surface area contributed by atoms with Crippen molar-refractivity contribution in [3.8, 4) is 22.8 Å². The lowest BCUT2D eigenvalue weighted by atomic mass is 10.1. The predicted octanol–water partition coefficient (Wildman–Crippen LogP) is 5.22. The van der Waals surface area contributed by atoms with Crippen molar-refractivity contribution in [2.45, 2.75) is 0 Å². The smallest absolute Gasteiger partial charge is 0.270 e. The summed E-state index contributed by atoms with van der Waals surface area (Å²) >= 11 is 6.19. The molecule has 0 aliphatic carbocycles. The average Bonchev–Trinajstić information content (AvgIpc) is 3.24. The third-order valence-electron chi connectivity index (χ3n) is 4.27. The van der Waals surface area contributed by atoms with Crippen molar-refractivity contribution < 1.29 is 14.2 Å². The summed E-state index contributed by atoms with van der Waals surface area (Å²) in [5.41, 5.74) is 1.52. The van der Waals surface area contributed by atoms with Crippen molar-refractivity contribution in [1.29, 1.82) is 0 Å². The number of halogens is 1. The third kappa shape index (κ3) is 3.89. The largest absolute Gasteiger partial charge is 0.334 e. The number of para-hydroxylation sites is 1. The van der Waals surface area contributed by atoms with Crippen LogP contribution in [0.1, 0.15) is 10.4 Å². The van der Waals surface area contributed by atoms with Gasteiger partial charge in [0.2, 0.25) is 5.82 Å². The maximum Gasteiger partial charge on any atom is 0.270 e. The van der Waals surface area contributed by atoms with Gasteiger partial charge < -0.3 is 9.84 Å². The van der Waals surface area contributed by atoms with Crippen molar-refractivity contribution in [3.63, 3.8) is 0 Å². The zero-order chi connectivity index (χ0) is 21.1. The fraction of sp³-hybridized carbons (Fsp3) is 0. The summed E-state index contributed by atoms with van der Waals surface area (Å²) in [6.45, 7) is 0. The molecular weight excluding hydrogens is 408 g/mol. The molecule has 4 rings (SSSR count). The van der Waals surface area contributed by atoms with Gasteiger partial charge in [0.1, 0.15) is 0 Å². The summed E-state index contributed by atoms with van der Waals surface area (Å²) in [6.07, 6.45) is 0. The van der Waals surface area contributed by atoms with Crippen LogP contribution in [0.5, 0.6) is 0 Å². The van der Waals surface area contributed by atoms with Crippen LogP contribution in [0.4, 0.5) is 11.4 Å². The van der Waals surface area contributed by atoms with E-state index in [-0.39, 0.29) is 17.1 Å². The van der Waals surface area contributed by atoms with Gasteiger partial charge in [-0.2, -0.15) is 4.98 Å². The number of nitrogens with zero attached hydrogens (tertiary/aromatic N) is 3. The first-order valence-corrected chi connectivity index (χ1v) is 9.14. The second-order valence-corrected chi connectivity index (χ2v) is 6.62. The minimum atomic E-state index is -0.556. The second kappa shape index (κ2) is 8.14. The Morgan fingerprint density at radius 1 is 1.00 bits per heavy atom. The van der Waals surface area contributed by atoms with Crippen molar-refractivity contribution >= 4 is 28.9 Å². The van der Waals surface area contributed by atoms with E-state index >= 15 is 0 Å². The summed E-state index contributed by atoms with van der Waals surface area (Å²) < 4.78 is 5.38. The van der Waals surface area contributed by atoms with Crippen molar-refractivity contribution in [1.82, 2.24) is 10.1 Å². The molecule has 0 saturated heterocycles. The molecule has 1 N–H and O–H groups in total. The standard InChI is InChI=1S/C21H13ClN4O4/c22-17-10-3-1-8-15(17)19-24-21(30-25-19)16-9-2-4-11-18(16)23-20(27)13-6-5-7-14(12-13)26(28)29/h1-12H,(H,23,27). The van der Waals surface area contributed by atoms with Crippen molar-refractivity contribution in [3.05, 3.63) is 93.5 Å². The highest BCUT2D eigenvalue weighted by Crippen LogP contribution is 2.31. The van der Waals surface area contributed by atoms with Gasteiger partial charge in [0.25, 0.3) is 17.5 Å². The van der Waals surface area contributed by atoms with Crippen molar-refractivity contribution in [2.24, 2.45) is 0 Å². The van der Waals surface area contributed by atoms with Crippen LogP contribution in [0.25, 0.3) is 22.8 Å². The van der Waals surface area contributed by atoms with E-state index in [4.69, 9.17) is 16.1 Å². The number of amides is 1. The maximum absolute atomic E-state index is 12.6. The van der Waals surface area contributed by atoms with Gasteiger partial charge in [0.05, 0.1) is 21.2 Å². The van der Waals surface area contributed by atoms with Gasteiger partial charge in [0, 0.05) is 23.3 Å². The molecule has 0 aliphatic rings. The number of benzene rings is 3. The molecule has 30 heavy (non-hydrogen) atoms. The average molecular weight is 421 g/mol. The van der Waals surface area contributed by atoms with Crippen LogP contribution in [0.15, 0.2) is 77.3 Å². The van der Waals surface area contributed by atoms with Crippen LogP contribution in [0, 0.1) is 10.1 Å². The van der Waals surface area contributed by atoms with E-state index in [0.717, 1.165) is 0 Å². The Bertz CT molecular complexity index is 1260. The number of nitro groups is 1. The molecule has 4 aromatic rings. The summed E-state index contributed by atoms with van der Waals surface area (Å²) in [4.78, 5) is 27.4. The van der Waals surface area contributed by atoms with E-state index in [2.05, 4.69) is 15.5 Å². The first kappa shape index (κ1) is 19.3. The summed E-state index contributed by atoms with van der Waals surface area (Å²) in [7, 11) is 0. The SMILES string of the molecule is O=C(Nc1ccccc1-c1nc(-c2ccccc2Cl)no1)c1cccc([N+](=O)[O-])c1. The van der Waals surface area contributed by atoms with Crippen LogP contribution in [0.3, 0.4) is 0 Å². The Labute approximate surface area is 175 Å². The van der Waals surface area contributed by atoms with Gasteiger partial charge in [-0.1, -0.05) is 47.1 Å². The molecule has 1 heterocycles. The van der Waals surface area contributed by atoms with Gasteiger partial charge in [-0.05, 0) is 30.3 Å². The minimum absolute atomic E-state index is 0.154. The Morgan fingerprint density at radius 2 is 1.73 bits per heavy atom. The van der Waals surface area contributed by atoms with Gasteiger partial charge in [-0.15, -0.1) is 0 Å². The Morgan fingerprint density at radius 3 is 2.50 bits per heavy atom. The first-order valence-electron chi connectivity index (χ1n) is 8.77. The monoisotopic (exact) mass is 420 g/mol. The summed E-state index contributed by atoms with van der Waals surface area (Å²) in [5.74, 6) is 0.00673. The van der Waals surface area contributed by atoms with E-state index in [9.17, 15) is 14.9 Å². The van der Waals surface area contributed by atoms with E-state index in [1.165, 1.54) is 24.3 Å². The van der Waals surface area contributed by atoms with Gasteiger partial charge in [-0.3, -0.25) is 14.9 Å². The Hall–Kier alpha value is -4.04. The van der Waals surface area contributed by atoms with Crippen LogP contribution in [-0.4, -0.2) is 21.0 Å². The normalized spacial score (nSPS) is 10.6. The number of carbonyl (C=O) groups excluding carboxylic acids is 1. The molecule has 0 radical (unpaired) electrons. The van der Waals surface area contributed by atoms with Crippen LogP contribution in [-0.2, 0) is 0 Å². The molecule has 0 aliphatic heterocycles. The van der Waals surface area contributed by atoms with E-state index in [0.29, 0.717) is 27.7 Å². The molecule has 1 aromatic heterocycles. The van der Waals surface area contributed by atoms with Crippen molar-refractivity contribution in [2.75, 3.05) is 5.32 Å². The van der Waals surface area contributed by atoms with Gasteiger partial charge in [-0.25, -0.2) is 0 Å². The lowest BCUT2D eigenvalue weighted by Crippen LogP contribution is -2.12. The van der Waals surface area contributed by atoms with E-state index in [1.54, 1.807) is 42.5 Å². The summed E-state index contributed by atoms with van der Waals surface area (Å²) in [5, 5.41) is 18.1. The molecule has 0 bridgehead atoms. The molecule has 0 fully saturated rings. The Kier molecular flexibility index (Phi) is 5.23. The van der Waals surface area contributed by atoms with Crippen LogP contribution in [0.2, 0.25) is 5.02 Å². The zero-order valence-electron chi connectivity index (χ0n) is 15.3. The molecule has 8 nitrogen and oxygen atoms in total. The molecule has 148 valence electrons. The maximum atomic E-state index is 12.6. The van der Waals surface area contributed by atoms with Gasteiger partial charge >= 0.3 is 0 Å². The summed E-state index contributed by atoms with van der Waals surface area (Å²) in [6, 6.07) is 19.5. The molecule has 0 spiro atoms. The quantitative estimate of drug-likeness (QED) is 0.350. The number of aromatic nitrogens is 2. The highest BCUT2D eigenvalue weighted by atomic mass is 35.5.